The summed E-state index contributed by atoms with van der Waals surface area (Å²) < 4.78 is 5.97. The zero-order valence-corrected chi connectivity index (χ0v) is 10.1. The molecule has 0 amide bonds. The average Bonchev–Trinajstić information content (AvgIpc) is 2.76. The Balaban J connectivity index is 2.02. The van der Waals surface area contributed by atoms with Gasteiger partial charge in [-0.25, -0.2) is 0 Å². The Labute approximate surface area is 95.5 Å². The largest absolute Gasteiger partial charge is 0.372 e. The highest BCUT2D eigenvalue weighted by atomic mass is 32.1. The van der Waals surface area contributed by atoms with Gasteiger partial charge in [-0.2, -0.15) is 0 Å². The van der Waals surface area contributed by atoms with Crippen LogP contribution in [0.25, 0.3) is 0 Å². The van der Waals surface area contributed by atoms with Crippen LogP contribution in [0.3, 0.4) is 0 Å². The maximum absolute atomic E-state index is 5.97. The molecule has 1 saturated carbocycles. The standard InChI is InChI=1S/C13H18OS/c1-10-12-11(5-8-15-12)13(9-14-10)6-3-2-4-7-13/h5,8,10H,2-4,6-7,9H2,1H3. The molecule has 0 radical (unpaired) electrons. The van der Waals surface area contributed by atoms with Crippen molar-refractivity contribution in [1.29, 1.82) is 0 Å². The van der Waals surface area contributed by atoms with E-state index < -0.39 is 0 Å². The third kappa shape index (κ3) is 1.46. The van der Waals surface area contributed by atoms with E-state index in [0.29, 0.717) is 11.5 Å². The lowest BCUT2D eigenvalue weighted by Gasteiger charge is -2.42. The van der Waals surface area contributed by atoms with Gasteiger partial charge in [0, 0.05) is 10.3 Å². The molecular weight excluding hydrogens is 204 g/mol. The summed E-state index contributed by atoms with van der Waals surface area (Å²) in [5.41, 5.74) is 2.01. The molecule has 0 N–H and O–H groups in total. The van der Waals surface area contributed by atoms with Crippen molar-refractivity contribution in [3.63, 3.8) is 0 Å². The topological polar surface area (TPSA) is 9.23 Å². The Morgan fingerprint density at radius 2 is 2.13 bits per heavy atom. The summed E-state index contributed by atoms with van der Waals surface area (Å²) in [5.74, 6) is 0. The zero-order chi connectivity index (χ0) is 10.3. The van der Waals surface area contributed by atoms with Crippen molar-refractivity contribution in [1.82, 2.24) is 0 Å². The summed E-state index contributed by atoms with van der Waals surface area (Å²) in [4.78, 5) is 1.49. The van der Waals surface area contributed by atoms with Gasteiger partial charge in [-0.1, -0.05) is 19.3 Å². The molecule has 1 aliphatic heterocycles. The van der Waals surface area contributed by atoms with Gasteiger partial charge in [0.25, 0.3) is 0 Å². The first-order valence-corrected chi connectivity index (χ1v) is 6.89. The van der Waals surface area contributed by atoms with Crippen molar-refractivity contribution >= 4 is 11.3 Å². The molecule has 0 aromatic carbocycles. The third-order valence-corrected chi connectivity index (χ3v) is 5.13. The van der Waals surface area contributed by atoms with Crippen LogP contribution in [-0.2, 0) is 10.2 Å². The van der Waals surface area contributed by atoms with Crippen molar-refractivity contribution in [2.45, 2.75) is 50.5 Å². The van der Waals surface area contributed by atoms with Crippen molar-refractivity contribution in [3.8, 4) is 0 Å². The van der Waals surface area contributed by atoms with Gasteiger partial charge in [-0.15, -0.1) is 11.3 Å². The van der Waals surface area contributed by atoms with Crippen molar-refractivity contribution in [2.24, 2.45) is 0 Å². The van der Waals surface area contributed by atoms with Crippen LogP contribution in [0, 0.1) is 0 Å². The molecule has 1 atom stereocenters. The fraction of sp³-hybridized carbons (Fsp3) is 0.692. The smallest absolute Gasteiger partial charge is 0.0892 e. The molecular formula is C13H18OS. The number of hydrogen-bond donors (Lipinski definition) is 0. The van der Waals surface area contributed by atoms with Crippen molar-refractivity contribution in [3.05, 3.63) is 21.9 Å². The summed E-state index contributed by atoms with van der Waals surface area (Å²) in [6, 6.07) is 2.35. The fourth-order valence-electron chi connectivity index (χ4n) is 3.15. The van der Waals surface area contributed by atoms with Crippen LogP contribution in [0.1, 0.15) is 55.6 Å². The molecule has 1 fully saturated rings. The van der Waals surface area contributed by atoms with Crippen molar-refractivity contribution < 1.29 is 4.74 Å². The van der Waals surface area contributed by atoms with Crippen LogP contribution in [0.5, 0.6) is 0 Å². The predicted molar refractivity (Wildman–Crippen MR) is 63.4 cm³/mol. The number of ether oxygens (including phenoxy) is 1. The molecule has 1 aromatic rings. The van der Waals surface area contributed by atoms with Gasteiger partial charge in [-0.3, -0.25) is 0 Å². The second kappa shape index (κ2) is 3.60. The highest BCUT2D eigenvalue weighted by Crippen LogP contribution is 2.48. The molecule has 2 heterocycles. The quantitative estimate of drug-likeness (QED) is 0.643. The Kier molecular flexibility index (Phi) is 2.37. The van der Waals surface area contributed by atoms with Gasteiger partial charge in [-0.05, 0) is 36.8 Å². The second-order valence-electron chi connectivity index (χ2n) is 4.99. The molecule has 1 spiro atoms. The van der Waals surface area contributed by atoms with E-state index >= 15 is 0 Å². The minimum atomic E-state index is 0.326. The molecule has 82 valence electrons. The Morgan fingerprint density at radius 3 is 2.93 bits per heavy atom. The number of rotatable bonds is 0. The summed E-state index contributed by atoms with van der Waals surface area (Å²) in [6.07, 6.45) is 7.18. The molecule has 0 bridgehead atoms. The first-order valence-electron chi connectivity index (χ1n) is 6.01. The monoisotopic (exact) mass is 222 g/mol. The summed E-state index contributed by atoms with van der Waals surface area (Å²) in [7, 11) is 0. The SMILES string of the molecule is CC1OCC2(CCCCC2)c2ccsc21. The van der Waals surface area contributed by atoms with Crippen LogP contribution >= 0.6 is 11.3 Å². The van der Waals surface area contributed by atoms with E-state index in [-0.39, 0.29) is 0 Å². The zero-order valence-electron chi connectivity index (χ0n) is 9.29. The molecule has 1 unspecified atom stereocenters. The fourth-order valence-corrected chi connectivity index (χ4v) is 4.18. The molecule has 1 aliphatic carbocycles. The van der Waals surface area contributed by atoms with E-state index in [0.717, 1.165) is 6.61 Å². The van der Waals surface area contributed by atoms with Crippen LogP contribution < -0.4 is 0 Å². The van der Waals surface area contributed by atoms with Gasteiger partial charge in [0.15, 0.2) is 0 Å². The van der Waals surface area contributed by atoms with E-state index in [1.165, 1.54) is 37.0 Å². The molecule has 15 heavy (non-hydrogen) atoms. The average molecular weight is 222 g/mol. The highest BCUT2D eigenvalue weighted by molar-refractivity contribution is 7.10. The second-order valence-corrected chi connectivity index (χ2v) is 5.94. The maximum atomic E-state index is 5.97. The summed E-state index contributed by atoms with van der Waals surface area (Å²) in [6.45, 7) is 3.14. The molecule has 2 aliphatic rings. The van der Waals surface area contributed by atoms with Gasteiger partial charge in [0.05, 0.1) is 12.7 Å². The minimum absolute atomic E-state index is 0.326. The Morgan fingerprint density at radius 1 is 1.33 bits per heavy atom. The van der Waals surface area contributed by atoms with Gasteiger partial charge >= 0.3 is 0 Å². The number of hydrogen-bond acceptors (Lipinski definition) is 2. The predicted octanol–water partition coefficient (Wildman–Crippen LogP) is 4.04. The molecule has 3 rings (SSSR count). The third-order valence-electron chi connectivity index (χ3n) is 4.06. The minimum Gasteiger partial charge on any atom is -0.372 e. The Bertz CT molecular complexity index is 349. The first kappa shape index (κ1) is 9.86. The normalized spacial score (nSPS) is 29.0. The van der Waals surface area contributed by atoms with Crippen LogP contribution in [-0.4, -0.2) is 6.61 Å². The maximum Gasteiger partial charge on any atom is 0.0892 e. The first-order chi connectivity index (χ1) is 7.32. The number of fused-ring (bicyclic) bond motifs is 2. The Hall–Kier alpha value is -0.340. The lowest BCUT2D eigenvalue weighted by atomic mass is 9.69. The van der Waals surface area contributed by atoms with E-state index in [9.17, 15) is 0 Å². The highest BCUT2D eigenvalue weighted by Gasteiger charge is 2.40. The van der Waals surface area contributed by atoms with E-state index in [4.69, 9.17) is 4.74 Å². The van der Waals surface area contributed by atoms with E-state index in [2.05, 4.69) is 18.4 Å². The van der Waals surface area contributed by atoms with Gasteiger partial charge in [0.1, 0.15) is 0 Å². The molecule has 1 aromatic heterocycles. The summed E-state index contributed by atoms with van der Waals surface area (Å²) in [5, 5.41) is 2.24. The molecule has 1 nitrogen and oxygen atoms in total. The van der Waals surface area contributed by atoms with E-state index in [1.54, 1.807) is 5.56 Å². The van der Waals surface area contributed by atoms with Crippen molar-refractivity contribution in [2.75, 3.05) is 6.61 Å². The van der Waals surface area contributed by atoms with Gasteiger partial charge in [0.2, 0.25) is 0 Å². The molecule has 2 heteroatoms. The number of thiophene rings is 1. The lowest BCUT2D eigenvalue weighted by molar-refractivity contribution is -0.00202. The molecule has 0 saturated heterocycles. The van der Waals surface area contributed by atoms with Crippen LogP contribution in [0.4, 0.5) is 0 Å². The van der Waals surface area contributed by atoms with Gasteiger partial charge < -0.3 is 4.74 Å². The van der Waals surface area contributed by atoms with Crippen LogP contribution in [0.15, 0.2) is 11.4 Å². The van der Waals surface area contributed by atoms with E-state index in [1.807, 2.05) is 11.3 Å². The van der Waals surface area contributed by atoms with Crippen LogP contribution in [0.2, 0.25) is 0 Å². The lowest BCUT2D eigenvalue weighted by Crippen LogP contribution is -2.38. The summed E-state index contributed by atoms with van der Waals surface area (Å²) >= 11 is 1.88.